The van der Waals surface area contributed by atoms with E-state index in [-0.39, 0.29) is 4.37 Å². The average Bonchev–Trinajstić information content (AvgIpc) is 2.35. The summed E-state index contributed by atoms with van der Waals surface area (Å²) in [6.07, 6.45) is 6.04. The molecule has 128 valence electrons. The molecule has 1 aliphatic rings. The van der Waals surface area contributed by atoms with Gasteiger partial charge in [-0.05, 0) is 21.0 Å². The predicted octanol–water partition coefficient (Wildman–Crippen LogP) is 7.68. The van der Waals surface area contributed by atoms with Gasteiger partial charge in [-0.25, -0.2) is 0 Å². The molecule has 1 aliphatic heterocycles. The molecule has 0 bridgehead atoms. The van der Waals surface area contributed by atoms with E-state index in [9.17, 15) is 0 Å². The third-order valence-electron chi connectivity index (χ3n) is 6.62. The largest absolute Gasteiger partial charge is 0.102 e. The Kier molecular flexibility index (Phi) is 5.78. The zero-order valence-electron chi connectivity index (χ0n) is 16.4. The molecule has 0 N–H and O–H groups in total. The zero-order chi connectivity index (χ0) is 17.6. The molecule has 0 saturated heterocycles. The Morgan fingerprint density at radius 3 is 1.82 bits per heavy atom. The van der Waals surface area contributed by atoms with E-state index in [1.54, 1.807) is 4.53 Å². The van der Waals surface area contributed by atoms with Crippen molar-refractivity contribution in [2.45, 2.75) is 88.6 Å². The fraction of sp³-hybridized carbons (Fsp3) is 0.778. The molecule has 0 radical (unpaired) electrons. The van der Waals surface area contributed by atoms with Crippen molar-refractivity contribution in [2.24, 2.45) is 0 Å². The summed E-state index contributed by atoms with van der Waals surface area (Å²) in [5, 5.41) is 0.800. The molecular weight excluding hydrogens is 337 g/mol. The monoisotopic (exact) mass is 372 g/mol. The molecule has 22 heavy (non-hydrogen) atoms. The standard InChI is InChI=1S/C18H36S2Si2/c1-12-18(22(10,11)17(5,6)7)14-13-15(19-20-18)21(8,9)16(2,3)4/h12-13H,1,14H2,2-11H3. The summed E-state index contributed by atoms with van der Waals surface area (Å²) in [5.41, 5.74) is 0. The molecule has 0 fully saturated rings. The van der Waals surface area contributed by atoms with E-state index in [0.717, 1.165) is 0 Å². The molecule has 0 aromatic rings. The maximum absolute atomic E-state index is 4.25. The van der Waals surface area contributed by atoms with Crippen LogP contribution in [-0.2, 0) is 0 Å². The topological polar surface area (TPSA) is 0 Å². The first-order chi connectivity index (χ1) is 9.62. The number of rotatable bonds is 3. The van der Waals surface area contributed by atoms with Crippen LogP contribution in [0.5, 0.6) is 0 Å². The highest BCUT2D eigenvalue weighted by atomic mass is 33.1. The van der Waals surface area contributed by atoms with Crippen molar-refractivity contribution < 1.29 is 0 Å². The Bertz CT molecular complexity index is 464. The molecule has 0 amide bonds. The van der Waals surface area contributed by atoms with Crippen LogP contribution in [0, 0.1) is 0 Å². The van der Waals surface area contributed by atoms with Crippen LogP contribution in [0.1, 0.15) is 48.0 Å². The molecular formula is C18H36S2Si2. The van der Waals surface area contributed by atoms with Crippen LogP contribution in [0.25, 0.3) is 0 Å². The summed E-state index contributed by atoms with van der Waals surface area (Å²) < 4.78 is 1.93. The first-order valence-electron chi connectivity index (χ1n) is 8.32. The summed E-state index contributed by atoms with van der Waals surface area (Å²) >= 11 is 0. The van der Waals surface area contributed by atoms with E-state index in [1.807, 2.05) is 0 Å². The van der Waals surface area contributed by atoms with Crippen molar-refractivity contribution in [3.63, 3.8) is 0 Å². The van der Waals surface area contributed by atoms with E-state index >= 15 is 0 Å². The van der Waals surface area contributed by atoms with Crippen molar-refractivity contribution in [1.29, 1.82) is 0 Å². The third kappa shape index (κ3) is 3.36. The van der Waals surface area contributed by atoms with Crippen molar-refractivity contribution in [3.05, 3.63) is 23.3 Å². The lowest BCUT2D eigenvalue weighted by Gasteiger charge is -2.52. The Morgan fingerprint density at radius 2 is 1.55 bits per heavy atom. The van der Waals surface area contributed by atoms with Gasteiger partial charge in [-0.3, -0.25) is 0 Å². The van der Waals surface area contributed by atoms with Gasteiger partial charge in [-0.15, -0.1) is 6.58 Å². The number of hydrogen-bond donors (Lipinski definition) is 0. The van der Waals surface area contributed by atoms with Crippen LogP contribution in [0.3, 0.4) is 0 Å². The molecule has 1 heterocycles. The van der Waals surface area contributed by atoms with Gasteiger partial charge >= 0.3 is 0 Å². The van der Waals surface area contributed by atoms with Crippen LogP contribution in [0.4, 0.5) is 0 Å². The van der Waals surface area contributed by atoms with Crippen LogP contribution in [0.2, 0.25) is 36.3 Å². The predicted molar refractivity (Wildman–Crippen MR) is 115 cm³/mol. The van der Waals surface area contributed by atoms with Crippen LogP contribution < -0.4 is 0 Å². The SMILES string of the molecule is C=CC1([Si](C)(C)C(C)(C)C)CC=C([Si](C)(C)C(C)(C)C)SS1. The van der Waals surface area contributed by atoms with E-state index in [0.29, 0.717) is 10.1 Å². The third-order valence-corrected chi connectivity index (χ3v) is 25.4. The minimum atomic E-state index is -1.49. The molecule has 4 heteroatoms. The maximum Gasteiger partial charge on any atom is 0.0947 e. The van der Waals surface area contributed by atoms with E-state index in [2.05, 4.69) is 108 Å². The Balaban J connectivity index is 3.19. The highest BCUT2D eigenvalue weighted by Crippen LogP contribution is 2.60. The van der Waals surface area contributed by atoms with Gasteiger partial charge in [-0.1, -0.05) is 101 Å². The smallest absolute Gasteiger partial charge is 0.0947 e. The first kappa shape index (κ1) is 20.7. The quantitative estimate of drug-likeness (QED) is 0.283. The molecule has 0 nitrogen and oxygen atoms in total. The second kappa shape index (κ2) is 6.16. The highest BCUT2D eigenvalue weighted by Gasteiger charge is 2.53. The molecule has 0 aromatic heterocycles. The Labute approximate surface area is 149 Å². The summed E-state index contributed by atoms with van der Waals surface area (Å²) in [6, 6.07) is 0. The summed E-state index contributed by atoms with van der Waals surface area (Å²) in [5.74, 6) is 0. The van der Waals surface area contributed by atoms with Gasteiger partial charge in [0.25, 0.3) is 0 Å². The van der Waals surface area contributed by atoms with Crippen molar-refractivity contribution in [3.8, 4) is 0 Å². The lowest BCUT2D eigenvalue weighted by molar-refractivity contribution is 0.689. The normalized spacial score (nSPS) is 24.9. The second-order valence-electron chi connectivity index (χ2n) is 9.78. The van der Waals surface area contributed by atoms with Crippen LogP contribution >= 0.6 is 21.6 Å². The molecule has 0 saturated carbocycles. The maximum atomic E-state index is 4.25. The lowest BCUT2D eigenvalue weighted by Crippen LogP contribution is -2.57. The van der Waals surface area contributed by atoms with Gasteiger partial charge < -0.3 is 0 Å². The van der Waals surface area contributed by atoms with Crippen LogP contribution in [0.15, 0.2) is 23.3 Å². The Hall–Kier alpha value is 0.614. The van der Waals surface area contributed by atoms with Gasteiger partial charge in [0, 0.05) is 4.37 Å². The second-order valence-corrected chi connectivity index (χ2v) is 23.9. The molecule has 1 unspecified atom stereocenters. The van der Waals surface area contributed by atoms with Crippen molar-refractivity contribution >= 4 is 37.7 Å². The van der Waals surface area contributed by atoms with Crippen LogP contribution in [-0.4, -0.2) is 20.5 Å². The molecule has 0 aromatic carbocycles. The average molecular weight is 373 g/mol. The summed E-state index contributed by atoms with van der Waals surface area (Å²) in [6.45, 7) is 28.9. The van der Waals surface area contributed by atoms with Gasteiger partial charge in [0.2, 0.25) is 0 Å². The lowest BCUT2D eigenvalue weighted by atomic mass is 10.2. The Morgan fingerprint density at radius 1 is 1.05 bits per heavy atom. The zero-order valence-corrected chi connectivity index (χ0v) is 20.0. The van der Waals surface area contributed by atoms with Gasteiger partial charge in [0.1, 0.15) is 0 Å². The highest BCUT2D eigenvalue weighted by molar-refractivity contribution is 8.79. The molecule has 0 spiro atoms. The number of allylic oxidation sites excluding steroid dienone is 1. The molecule has 1 rings (SSSR count). The van der Waals surface area contributed by atoms with Gasteiger partial charge in [0.05, 0.1) is 16.1 Å². The summed E-state index contributed by atoms with van der Waals surface area (Å²) in [4.78, 5) is 0. The molecule has 1 atom stereocenters. The minimum Gasteiger partial charge on any atom is -0.102 e. The fourth-order valence-electron chi connectivity index (χ4n) is 2.53. The number of hydrogen-bond acceptors (Lipinski definition) is 2. The molecule has 0 aliphatic carbocycles. The minimum absolute atomic E-state index is 0.252. The first-order valence-corrected chi connectivity index (χ1v) is 16.5. The summed E-state index contributed by atoms with van der Waals surface area (Å²) in [7, 11) is 1.30. The van der Waals surface area contributed by atoms with E-state index in [4.69, 9.17) is 0 Å². The van der Waals surface area contributed by atoms with E-state index in [1.165, 1.54) is 6.42 Å². The van der Waals surface area contributed by atoms with Crippen molar-refractivity contribution in [2.75, 3.05) is 0 Å². The van der Waals surface area contributed by atoms with Gasteiger partial charge in [-0.2, -0.15) is 0 Å². The van der Waals surface area contributed by atoms with E-state index < -0.39 is 16.1 Å². The fourth-order valence-corrected chi connectivity index (χ4v) is 16.2. The van der Waals surface area contributed by atoms with Gasteiger partial charge in [0.15, 0.2) is 0 Å². The van der Waals surface area contributed by atoms with Crippen molar-refractivity contribution in [1.82, 2.24) is 0 Å².